The topological polar surface area (TPSA) is 117 Å². The lowest BCUT2D eigenvalue weighted by Crippen LogP contribution is -2.55. The summed E-state index contributed by atoms with van der Waals surface area (Å²) in [6, 6.07) is 11.6. The summed E-state index contributed by atoms with van der Waals surface area (Å²) in [5.74, 6) is 0.158. The molecule has 2 fully saturated rings. The summed E-state index contributed by atoms with van der Waals surface area (Å²) in [7, 11) is 0. The molecule has 0 bridgehead atoms. The number of aromatic amines is 1. The van der Waals surface area contributed by atoms with Crippen LogP contribution >= 0.6 is 0 Å². The third kappa shape index (κ3) is 3.42. The Morgan fingerprint density at radius 3 is 2.68 bits per heavy atom. The Balaban J connectivity index is 1.12. The van der Waals surface area contributed by atoms with Crippen LogP contribution in [0, 0.1) is 5.41 Å². The molecule has 0 aliphatic heterocycles. The van der Waals surface area contributed by atoms with Gasteiger partial charge in [0.15, 0.2) is 5.69 Å². The van der Waals surface area contributed by atoms with Crippen molar-refractivity contribution in [2.45, 2.75) is 63.6 Å². The smallest absolute Gasteiger partial charge is 0.346 e. The summed E-state index contributed by atoms with van der Waals surface area (Å²) in [5, 5.41) is 25.7. The van der Waals surface area contributed by atoms with E-state index in [4.69, 9.17) is 0 Å². The minimum atomic E-state index is -0.934. The monoisotopic (exact) mass is 460 g/mol. The van der Waals surface area contributed by atoms with Crippen molar-refractivity contribution in [1.82, 2.24) is 29.7 Å². The molecule has 2 saturated carbocycles. The predicted octanol–water partition coefficient (Wildman–Crippen LogP) is 2.60. The Morgan fingerprint density at radius 1 is 1.18 bits per heavy atom. The number of H-pyrrole nitrogens is 1. The van der Waals surface area contributed by atoms with Crippen LogP contribution in [-0.2, 0) is 6.54 Å². The molecule has 2 aliphatic carbocycles. The molecular formula is C25H28N6O3. The molecule has 34 heavy (non-hydrogen) atoms. The van der Waals surface area contributed by atoms with Crippen LogP contribution in [-0.4, -0.2) is 47.0 Å². The van der Waals surface area contributed by atoms with Crippen molar-refractivity contribution in [3.05, 3.63) is 64.5 Å². The molecule has 0 unspecified atom stereocenters. The maximum atomic E-state index is 13.1. The number of carbonyl (C=O) groups is 1. The van der Waals surface area contributed by atoms with Gasteiger partial charge >= 0.3 is 5.69 Å². The summed E-state index contributed by atoms with van der Waals surface area (Å²) in [6.07, 6.45) is 5.68. The Hall–Kier alpha value is -3.46. The second-order valence-electron chi connectivity index (χ2n) is 10.7. The highest BCUT2D eigenvalue weighted by Crippen LogP contribution is 2.61. The summed E-state index contributed by atoms with van der Waals surface area (Å²) in [4.78, 5) is 25.0. The van der Waals surface area contributed by atoms with Crippen LogP contribution < -0.4 is 11.0 Å². The first-order chi connectivity index (χ1) is 16.2. The molecule has 0 saturated heterocycles. The molecule has 9 nitrogen and oxygen atoms in total. The number of nitrogens with one attached hydrogen (secondary N) is 2. The van der Waals surface area contributed by atoms with E-state index in [0.29, 0.717) is 18.2 Å². The standard InChI is InChI=1S/C25H28N6O3/c1-24(2,34)14-31-18-7-4-3-6-17(18)21(29-31)22(32)26-16-12-25(13-16)10-15(11-25)20-19-8-5-9-30(19)23(33)28-27-20/h3-9,15-16,34H,10-14H2,1-2H3,(H,26,32)(H,28,33). The highest BCUT2D eigenvalue weighted by atomic mass is 16.3. The van der Waals surface area contributed by atoms with Crippen molar-refractivity contribution in [2.24, 2.45) is 5.41 Å². The van der Waals surface area contributed by atoms with Gasteiger partial charge in [0.2, 0.25) is 0 Å². The zero-order valence-electron chi connectivity index (χ0n) is 19.3. The minimum Gasteiger partial charge on any atom is -0.389 e. The zero-order valence-corrected chi connectivity index (χ0v) is 19.3. The van der Waals surface area contributed by atoms with E-state index in [-0.39, 0.29) is 23.1 Å². The van der Waals surface area contributed by atoms with Crippen molar-refractivity contribution in [3.63, 3.8) is 0 Å². The van der Waals surface area contributed by atoms with Gasteiger partial charge < -0.3 is 10.4 Å². The Morgan fingerprint density at radius 2 is 1.91 bits per heavy atom. The highest BCUT2D eigenvalue weighted by molar-refractivity contribution is 6.05. The number of fused-ring (bicyclic) bond motifs is 2. The van der Waals surface area contributed by atoms with Crippen LogP contribution in [0.25, 0.3) is 16.4 Å². The van der Waals surface area contributed by atoms with Gasteiger partial charge in [-0.1, -0.05) is 18.2 Å². The van der Waals surface area contributed by atoms with Gasteiger partial charge in [0, 0.05) is 23.5 Å². The van der Waals surface area contributed by atoms with Crippen molar-refractivity contribution >= 4 is 22.3 Å². The SMILES string of the molecule is CC(C)(O)Cn1nc(C(=O)NC2CC3(C2)CC(c2n[nH]c(=O)n4cccc24)C3)c2ccccc21. The van der Waals surface area contributed by atoms with Gasteiger partial charge in [0.05, 0.1) is 28.9 Å². The number of aliphatic hydroxyl groups is 1. The molecule has 3 heterocycles. The summed E-state index contributed by atoms with van der Waals surface area (Å²) in [6.45, 7) is 3.77. The average Bonchev–Trinajstić information content (AvgIpc) is 3.35. The third-order valence-corrected chi connectivity index (χ3v) is 7.35. The number of carbonyl (C=O) groups excluding carboxylic acids is 1. The number of rotatable bonds is 5. The van der Waals surface area contributed by atoms with Crippen LogP contribution in [0.3, 0.4) is 0 Å². The number of para-hydroxylation sites is 1. The van der Waals surface area contributed by atoms with Gasteiger partial charge in [-0.25, -0.2) is 9.89 Å². The maximum Gasteiger partial charge on any atom is 0.346 e. The molecule has 9 heteroatoms. The van der Waals surface area contributed by atoms with Crippen LogP contribution in [0.2, 0.25) is 0 Å². The number of hydrogen-bond donors (Lipinski definition) is 3. The average molecular weight is 461 g/mol. The summed E-state index contributed by atoms with van der Waals surface area (Å²) >= 11 is 0. The molecule has 3 N–H and O–H groups in total. The van der Waals surface area contributed by atoms with Crippen LogP contribution in [0.4, 0.5) is 0 Å². The van der Waals surface area contributed by atoms with E-state index in [2.05, 4.69) is 20.6 Å². The second-order valence-corrected chi connectivity index (χ2v) is 10.7. The van der Waals surface area contributed by atoms with Gasteiger partial charge in [-0.05, 0) is 63.1 Å². The second kappa shape index (κ2) is 7.27. The molecule has 0 radical (unpaired) electrons. The zero-order chi connectivity index (χ0) is 23.7. The molecule has 4 aromatic rings. The summed E-state index contributed by atoms with van der Waals surface area (Å²) in [5.41, 5.74) is 2.16. The Kier molecular flexibility index (Phi) is 4.51. The fourth-order valence-electron chi connectivity index (χ4n) is 5.92. The first-order valence-corrected chi connectivity index (χ1v) is 11.8. The number of hydrogen-bond acceptors (Lipinski definition) is 5. The van der Waals surface area contributed by atoms with Crippen LogP contribution in [0.1, 0.15) is 61.6 Å². The number of aromatic nitrogens is 5. The van der Waals surface area contributed by atoms with Crippen LogP contribution in [0.5, 0.6) is 0 Å². The number of amides is 1. The molecule has 1 spiro atoms. The lowest BCUT2D eigenvalue weighted by Gasteiger charge is -2.57. The lowest BCUT2D eigenvalue weighted by molar-refractivity contribution is -0.0198. The number of benzene rings is 1. The molecule has 6 rings (SSSR count). The maximum absolute atomic E-state index is 13.1. The number of nitrogens with zero attached hydrogens (tertiary/aromatic N) is 4. The molecule has 2 aliphatic rings. The highest BCUT2D eigenvalue weighted by Gasteiger charge is 2.54. The van der Waals surface area contributed by atoms with Gasteiger partial charge in [0.25, 0.3) is 5.91 Å². The Bertz CT molecular complexity index is 1460. The minimum absolute atomic E-state index is 0.128. The molecule has 0 atom stereocenters. The largest absolute Gasteiger partial charge is 0.389 e. The fourth-order valence-corrected chi connectivity index (χ4v) is 5.92. The predicted molar refractivity (Wildman–Crippen MR) is 127 cm³/mol. The first-order valence-electron chi connectivity index (χ1n) is 11.8. The molecular weight excluding hydrogens is 432 g/mol. The van der Waals surface area contributed by atoms with E-state index in [9.17, 15) is 14.7 Å². The van der Waals surface area contributed by atoms with Crippen molar-refractivity contribution in [1.29, 1.82) is 0 Å². The molecule has 1 aromatic carbocycles. The van der Waals surface area contributed by atoms with Gasteiger partial charge in [0.1, 0.15) is 0 Å². The quantitative estimate of drug-likeness (QED) is 0.423. The molecule has 176 valence electrons. The first kappa shape index (κ1) is 21.1. The van der Waals surface area contributed by atoms with E-state index in [1.165, 1.54) is 0 Å². The third-order valence-electron chi connectivity index (χ3n) is 7.35. The van der Waals surface area contributed by atoms with E-state index in [0.717, 1.165) is 47.8 Å². The van der Waals surface area contributed by atoms with Gasteiger partial charge in [-0.15, -0.1) is 0 Å². The molecule has 1 amide bonds. The van der Waals surface area contributed by atoms with Crippen LogP contribution in [0.15, 0.2) is 47.4 Å². The van der Waals surface area contributed by atoms with Gasteiger partial charge in [-0.3, -0.25) is 13.9 Å². The Labute approximate surface area is 195 Å². The summed E-state index contributed by atoms with van der Waals surface area (Å²) < 4.78 is 3.32. The fraction of sp³-hybridized carbons (Fsp3) is 0.440. The molecule has 3 aromatic heterocycles. The lowest BCUT2D eigenvalue weighted by atomic mass is 9.49. The van der Waals surface area contributed by atoms with E-state index >= 15 is 0 Å². The van der Waals surface area contributed by atoms with Gasteiger partial charge in [-0.2, -0.15) is 10.2 Å². The van der Waals surface area contributed by atoms with E-state index in [1.54, 1.807) is 29.1 Å². The van der Waals surface area contributed by atoms with Crippen molar-refractivity contribution in [3.8, 4) is 0 Å². The van der Waals surface area contributed by atoms with Crippen molar-refractivity contribution < 1.29 is 9.90 Å². The van der Waals surface area contributed by atoms with E-state index in [1.807, 2.05) is 36.4 Å². The normalized spacial score (nSPS) is 24.3. The van der Waals surface area contributed by atoms with Crippen molar-refractivity contribution in [2.75, 3.05) is 0 Å². The van der Waals surface area contributed by atoms with E-state index < -0.39 is 5.60 Å².